The van der Waals surface area contributed by atoms with Crippen LogP contribution in [0.5, 0.6) is 5.75 Å². The van der Waals surface area contributed by atoms with Crippen molar-refractivity contribution in [3.8, 4) is 5.75 Å². The molecule has 0 aliphatic carbocycles. The third-order valence-corrected chi connectivity index (χ3v) is 6.28. The molecule has 29 heavy (non-hydrogen) atoms. The van der Waals surface area contributed by atoms with Gasteiger partial charge in [-0.3, -0.25) is 9.69 Å². The summed E-state index contributed by atoms with van der Waals surface area (Å²) in [6.07, 6.45) is 5.25. The summed E-state index contributed by atoms with van der Waals surface area (Å²) < 4.78 is 5.86. The Bertz CT molecular complexity index is 638. The number of halogens is 2. The minimum absolute atomic E-state index is 0. The molecular weight excluding hydrogens is 409 g/mol. The molecule has 5 nitrogen and oxygen atoms in total. The van der Waals surface area contributed by atoms with Gasteiger partial charge < -0.3 is 15.0 Å². The number of hydrogen-bond donors (Lipinski definition) is 1. The highest BCUT2D eigenvalue weighted by atomic mass is 35.5. The summed E-state index contributed by atoms with van der Waals surface area (Å²) in [6, 6.07) is 8.29. The molecule has 2 heterocycles. The number of carbonyl (C=O) groups is 1. The summed E-state index contributed by atoms with van der Waals surface area (Å²) in [5.74, 6) is 1.19. The maximum absolute atomic E-state index is 13.0. The van der Waals surface area contributed by atoms with Gasteiger partial charge in [0.05, 0.1) is 12.6 Å². The largest absolute Gasteiger partial charge is 0.494 e. The zero-order valence-electron chi connectivity index (χ0n) is 18.0. The maximum atomic E-state index is 13.0. The van der Waals surface area contributed by atoms with Crippen molar-refractivity contribution in [3.63, 3.8) is 0 Å². The highest BCUT2D eigenvalue weighted by molar-refractivity contribution is 5.85. The van der Waals surface area contributed by atoms with E-state index in [9.17, 15) is 4.79 Å². The van der Waals surface area contributed by atoms with Crippen molar-refractivity contribution in [2.75, 3.05) is 46.9 Å². The molecule has 0 aromatic heterocycles. The second kappa shape index (κ2) is 12.0. The Kier molecular flexibility index (Phi) is 10.8. The van der Waals surface area contributed by atoms with Gasteiger partial charge in [-0.15, -0.1) is 24.8 Å². The number of hydrogen-bond acceptors (Lipinski definition) is 4. The number of carbonyl (C=O) groups excluding carboxylic acids is 1. The molecule has 1 unspecified atom stereocenters. The Morgan fingerprint density at radius 2 is 2.03 bits per heavy atom. The lowest BCUT2D eigenvalue weighted by molar-refractivity contribution is -0.134. The van der Waals surface area contributed by atoms with E-state index in [0.717, 1.165) is 51.2 Å². The number of nitrogens with zero attached hydrogens (tertiary/aromatic N) is 2. The van der Waals surface area contributed by atoms with Crippen LogP contribution in [0.1, 0.15) is 38.2 Å². The molecular formula is C22H37Cl2N3O2. The summed E-state index contributed by atoms with van der Waals surface area (Å²) in [4.78, 5) is 17.1. The fraction of sp³-hybridized carbons (Fsp3) is 0.682. The number of aryl methyl sites for hydroxylation is 1. The summed E-state index contributed by atoms with van der Waals surface area (Å²) in [5.41, 5.74) is 1.63. The highest BCUT2D eigenvalue weighted by Gasteiger charge is 2.46. The molecule has 1 aromatic carbocycles. The van der Waals surface area contributed by atoms with Crippen molar-refractivity contribution in [2.24, 2.45) is 5.41 Å². The molecule has 166 valence electrons. The molecule has 2 aliphatic rings. The Labute approximate surface area is 188 Å². The lowest BCUT2D eigenvalue weighted by atomic mass is 9.77. The van der Waals surface area contributed by atoms with Gasteiger partial charge in [-0.05, 0) is 75.4 Å². The van der Waals surface area contributed by atoms with Crippen molar-refractivity contribution in [1.29, 1.82) is 0 Å². The van der Waals surface area contributed by atoms with E-state index in [1.54, 1.807) is 0 Å². The first-order valence-corrected chi connectivity index (χ1v) is 10.4. The lowest BCUT2D eigenvalue weighted by Gasteiger charge is -2.33. The van der Waals surface area contributed by atoms with Gasteiger partial charge in [0, 0.05) is 20.1 Å². The average Bonchev–Trinajstić information content (AvgIpc) is 3.00. The van der Waals surface area contributed by atoms with Crippen LogP contribution in [-0.2, 0) is 11.2 Å². The maximum Gasteiger partial charge on any atom is 0.239 e. The van der Waals surface area contributed by atoms with Crippen LogP contribution in [0.3, 0.4) is 0 Å². The van der Waals surface area contributed by atoms with Gasteiger partial charge in [0.2, 0.25) is 5.91 Å². The summed E-state index contributed by atoms with van der Waals surface area (Å²) in [7, 11) is 4.04. The lowest BCUT2D eigenvalue weighted by Crippen LogP contribution is -2.43. The van der Waals surface area contributed by atoms with Crippen molar-refractivity contribution in [2.45, 2.75) is 45.1 Å². The van der Waals surface area contributed by atoms with Gasteiger partial charge in [-0.2, -0.15) is 0 Å². The molecule has 2 fully saturated rings. The number of rotatable bonds is 7. The fourth-order valence-corrected chi connectivity index (χ4v) is 4.58. The van der Waals surface area contributed by atoms with Crippen LogP contribution in [0.4, 0.5) is 0 Å². The van der Waals surface area contributed by atoms with Crippen LogP contribution in [0.2, 0.25) is 0 Å². The monoisotopic (exact) mass is 445 g/mol. The molecule has 0 radical (unpaired) electrons. The number of likely N-dealkylation sites (N-methyl/N-ethyl adjacent to an activating group) is 2. The topological polar surface area (TPSA) is 44.8 Å². The van der Waals surface area contributed by atoms with E-state index < -0.39 is 0 Å². The van der Waals surface area contributed by atoms with Crippen LogP contribution < -0.4 is 10.1 Å². The standard InChI is InChI=1S/C22H35N3O2.2ClH/c1-4-18-7-5-8-19(15-18)27-14-6-13-24(2)21(26)20-16-22(17-25(20)3)9-11-23-12-10-22;;/h5,7-8,15,20,23H,4,6,9-14,16-17H2,1-3H3;2*1H. The minimum Gasteiger partial charge on any atom is -0.494 e. The van der Waals surface area contributed by atoms with Crippen LogP contribution in [0, 0.1) is 5.41 Å². The Balaban J connectivity index is 0.00000210. The molecule has 1 N–H and O–H groups in total. The SMILES string of the molecule is CCc1cccc(OCCCN(C)C(=O)C2CC3(CCNCC3)CN2C)c1.Cl.Cl. The number of piperidine rings is 1. The van der Waals surface area contributed by atoms with E-state index in [0.29, 0.717) is 12.0 Å². The first-order chi connectivity index (χ1) is 13.0. The van der Waals surface area contributed by atoms with Gasteiger partial charge in [0.15, 0.2) is 0 Å². The quantitative estimate of drug-likeness (QED) is 0.653. The Hall–Kier alpha value is -1.01. The van der Waals surface area contributed by atoms with Crippen LogP contribution in [0.25, 0.3) is 0 Å². The molecule has 2 aliphatic heterocycles. The van der Waals surface area contributed by atoms with E-state index in [2.05, 4.69) is 36.3 Å². The Morgan fingerprint density at radius 1 is 1.31 bits per heavy atom. The van der Waals surface area contributed by atoms with E-state index in [4.69, 9.17) is 4.74 Å². The first-order valence-electron chi connectivity index (χ1n) is 10.4. The van der Waals surface area contributed by atoms with E-state index in [1.807, 2.05) is 24.1 Å². The van der Waals surface area contributed by atoms with Crippen molar-refractivity contribution < 1.29 is 9.53 Å². The summed E-state index contributed by atoms with van der Waals surface area (Å²) in [6.45, 7) is 6.75. The van der Waals surface area contributed by atoms with Crippen molar-refractivity contribution in [1.82, 2.24) is 15.1 Å². The number of ether oxygens (including phenoxy) is 1. The van der Waals surface area contributed by atoms with E-state index in [-0.39, 0.29) is 36.8 Å². The van der Waals surface area contributed by atoms with Crippen LogP contribution in [0.15, 0.2) is 24.3 Å². The zero-order chi connectivity index (χ0) is 19.3. The van der Waals surface area contributed by atoms with E-state index >= 15 is 0 Å². The van der Waals surface area contributed by atoms with Crippen molar-refractivity contribution >= 4 is 30.7 Å². The predicted molar refractivity (Wildman–Crippen MR) is 124 cm³/mol. The zero-order valence-corrected chi connectivity index (χ0v) is 19.6. The third kappa shape index (κ3) is 6.74. The second-order valence-corrected chi connectivity index (χ2v) is 8.35. The molecule has 1 aromatic rings. The van der Waals surface area contributed by atoms with Gasteiger partial charge in [-0.1, -0.05) is 19.1 Å². The molecule has 3 rings (SSSR count). The number of likely N-dealkylation sites (tertiary alicyclic amines) is 1. The molecule has 1 amide bonds. The van der Waals surface area contributed by atoms with Gasteiger partial charge in [-0.25, -0.2) is 0 Å². The summed E-state index contributed by atoms with van der Waals surface area (Å²) in [5, 5.41) is 3.44. The van der Waals surface area contributed by atoms with Crippen molar-refractivity contribution in [3.05, 3.63) is 29.8 Å². The second-order valence-electron chi connectivity index (χ2n) is 8.35. The predicted octanol–water partition coefficient (Wildman–Crippen LogP) is 3.39. The van der Waals surface area contributed by atoms with E-state index in [1.165, 1.54) is 18.4 Å². The van der Waals surface area contributed by atoms with Gasteiger partial charge >= 0.3 is 0 Å². The molecule has 2 saturated heterocycles. The molecule has 0 bridgehead atoms. The number of nitrogens with one attached hydrogen (secondary N) is 1. The average molecular weight is 446 g/mol. The number of amides is 1. The van der Waals surface area contributed by atoms with Gasteiger partial charge in [0.1, 0.15) is 5.75 Å². The molecule has 0 saturated carbocycles. The Morgan fingerprint density at radius 3 is 2.72 bits per heavy atom. The summed E-state index contributed by atoms with van der Waals surface area (Å²) >= 11 is 0. The minimum atomic E-state index is 0. The number of benzene rings is 1. The normalized spacial score (nSPS) is 20.6. The first kappa shape index (κ1) is 26.0. The van der Waals surface area contributed by atoms with Crippen LogP contribution in [-0.4, -0.2) is 68.6 Å². The molecule has 7 heteroatoms. The highest BCUT2D eigenvalue weighted by Crippen LogP contribution is 2.41. The molecule has 1 atom stereocenters. The smallest absolute Gasteiger partial charge is 0.239 e. The van der Waals surface area contributed by atoms with Gasteiger partial charge in [0.25, 0.3) is 0 Å². The molecule has 1 spiro atoms. The fourth-order valence-electron chi connectivity index (χ4n) is 4.58. The van der Waals surface area contributed by atoms with Crippen LogP contribution >= 0.6 is 24.8 Å². The third-order valence-electron chi connectivity index (χ3n) is 6.28.